The van der Waals surface area contributed by atoms with E-state index in [1.807, 2.05) is 10.6 Å². The van der Waals surface area contributed by atoms with Gasteiger partial charge in [0.1, 0.15) is 24.1 Å². The molecule has 43 heavy (non-hydrogen) atoms. The van der Waals surface area contributed by atoms with E-state index >= 15 is 4.39 Å². The van der Waals surface area contributed by atoms with Gasteiger partial charge in [0, 0.05) is 30.1 Å². The summed E-state index contributed by atoms with van der Waals surface area (Å²) in [5.74, 6) is -1.20. The fraction of sp³-hybridized carbons (Fsp3) is 0.212. The number of ether oxygens (including phenoxy) is 1. The van der Waals surface area contributed by atoms with Gasteiger partial charge in [-0.05, 0) is 74.0 Å². The topological polar surface area (TPSA) is 113 Å². The van der Waals surface area contributed by atoms with Crippen molar-refractivity contribution in [3.8, 4) is 6.07 Å². The molecule has 0 amide bonds. The zero-order chi connectivity index (χ0) is 30.5. The molecule has 0 saturated carbocycles. The first-order valence-electron chi connectivity index (χ1n) is 13.7. The maximum Gasteiger partial charge on any atom is 0.335 e. The van der Waals surface area contributed by atoms with Gasteiger partial charge in [0.15, 0.2) is 0 Å². The van der Waals surface area contributed by atoms with E-state index in [2.05, 4.69) is 16.9 Å². The largest absolute Gasteiger partial charge is 0.478 e. The average molecular weight is 582 g/mol. The lowest BCUT2D eigenvalue weighted by Crippen LogP contribution is -2.45. The Bertz CT molecular complexity index is 1820. The Morgan fingerprint density at radius 1 is 1.19 bits per heavy atom. The lowest BCUT2D eigenvalue weighted by molar-refractivity contribution is 0.0697. The quantitative estimate of drug-likeness (QED) is 0.169. The highest BCUT2D eigenvalue weighted by molar-refractivity contribution is 6.08. The highest BCUT2D eigenvalue weighted by atomic mass is 19.1. The Balaban J connectivity index is 1.37. The first kappa shape index (κ1) is 29.4. The molecule has 218 valence electrons. The predicted molar refractivity (Wildman–Crippen MR) is 159 cm³/mol. The van der Waals surface area contributed by atoms with Crippen LogP contribution in [0.4, 0.5) is 8.78 Å². The van der Waals surface area contributed by atoms with Crippen LogP contribution in [-0.2, 0) is 24.3 Å². The lowest BCUT2D eigenvalue weighted by atomic mass is 10.0. The number of aliphatic imine (C=N–C) groups is 1. The molecule has 1 aliphatic heterocycles. The minimum absolute atomic E-state index is 0.107. The number of rotatable bonds is 11. The van der Waals surface area contributed by atoms with Crippen molar-refractivity contribution in [2.75, 3.05) is 6.54 Å². The van der Waals surface area contributed by atoms with Gasteiger partial charge in [-0.1, -0.05) is 24.8 Å². The van der Waals surface area contributed by atoms with Gasteiger partial charge in [0.05, 0.1) is 33.9 Å². The van der Waals surface area contributed by atoms with Crippen LogP contribution in [0.3, 0.4) is 0 Å². The lowest BCUT2D eigenvalue weighted by Gasteiger charge is -2.28. The summed E-state index contributed by atoms with van der Waals surface area (Å²) >= 11 is 0. The van der Waals surface area contributed by atoms with Crippen LogP contribution in [0, 0.1) is 23.0 Å². The van der Waals surface area contributed by atoms with Gasteiger partial charge in [-0.25, -0.2) is 23.6 Å². The van der Waals surface area contributed by atoms with Crippen molar-refractivity contribution in [3.05, 3.63) is 124 Å². The van der Waals surface area contributed by atoms with Crippen molar-refractivity contribution < 1.29 is 23.4 Å². The molecule has 1 aromatic heterocycles. The monoisotopic (exact) mass is 581 g/mol. The number of halogens is 2. The molecule has 5 rings (SSSR count). The van der Waals surface area contributed by atoms with E-state index in [1.54, 1.807) is 37.3 Å². The fourth-order valence-corrected chi connectivity index (χ4v) is 4.80. The molecule has 10 heteroatoms. The Morgan fingerprint density at radius 2 is 1.93 bits per heavy atom. The van der Waals surface area contributed by atoms with Crippen LogP contribution in [0.15, 0.2) is 84.2 Å². The van der Waals surface area contributed by atoms with Crippen molar-refractivity contribution in [1.82, 2.24) is 14.9 Å². The van der Waals surface area contributed by atoms with Crippen molar-refractivity contribution in [1.29, 1.82) is 5.26 Å². The van der Waals surface area contributed by atoms with Gasteiger partial charge in [0.25, 0.3) is 0 Å². The van der Waals surface area contributed by atoms with Crippen LogP contribution in [0.2, 0.25) is 0 Å². The summed E-state index contributed by atoms with van der Waals surface area (Å²) in [7, 11) is 0. The summed E-state index contributed by atoms with van der Waals surface area (Å²) in [6.07, 6.45) is 4.28. The highest BCUT2D eigenvalue weighted by Gasteiger charge is 2.22. The molecule has 4 aromatic rings. The molecule has 0 aliphatic carbocycles. The van der Waals surface area contributed by atoms with Crippen LogP contribution in [0.25, 0.3) is 11.0 Å². The first-order chi connectivity index (χ1) is 20.8. The Morgan fingerprint density at radius 3 is 2.56 bits per heavy atom. The van der Waals surface area contributed by atoms with Crippen LogP contribution in [0.1, 0.15) is 51.8 Å². The zero-order valence-electron chi connectivity index (χ0n) is 23.5. The number of aromatic nitrogens is 2. The molecule has 1 saturated heterocycles. The number of hydrogen-bond acceptors (Lipinski definition) is 6. The second kappa shape index (κ2) is 12.8. The number of aromatic carboxylic acids is 1. The minimum Gasteiger partial charge on any atom is -0.478 e. The number of benzene rings is 3. The molecule has 1 aliphatic rings. The molecule has 0 radical (unpaired) electrons. The van der Waals surface area contributed by atoms with E-state index in [-0.39, 0.29) is 41.6 Å². The molecule has 1 fully saturated rings. The number of nitrogens with zero attached hydrogens (tertiary/aromatic N) is 4. The van der Waals surface area contributed by atoms with E-state index in [0.717, 1.165) is 19.0 Å². The van der Waals surface area contributed by atoms with E-state index < -0.39 is 17.6 Å². The second-order valence-electron chi connectivity index (χ2n) is 10.1. The predicted octanol–water partition coefficient (Wildman–Crippen LogP) is 5.89. The number of fused-ring (bicyclic) bond motifs is 1. The number of nitriles is 1. The Kier molecular flexibility index (Phi) is 8.74. The van der Waals surface area contributed by atoms with Gasteiger partial charge in [-0.2, -0.15) is 5.26 Å². The maximum absolute atomic E-state index is 15.5. The number of imidazole rings is 1. The molecule has 0 bridgehead atoms. The van der Waals surface area contributed by atoms with Crippen LogP contribution < -0.4 is 5.32 Å². The third-order valence-corrected chi connectivity index (χ3v) is 7.33. The van der Waals surface area contributed by atoms with Gasteiger partial charge in [0.2, 0.25) is 5.88 Å². The van der Waals surface area contributed by atoms with Crippen LogP contribution in [-0.4, -0.2) is 38.9 Å². The van der Waals surface area contributed by atoms with E-state index in [0.29, 0.717) is 40.2 Å². The number of carboxylic acids is 1. The number of allylic oxidation sites excluding steroid dienone is 2. The molecule has 3 aromatic carbocycles. The summed E-state index contributed by atoms with van der Waals surface area (Å²) < 4.78 is 37.4. The maximum atomic E-state index is 15.5. The normalized spacial score (nSPS) is 15.2. The van der Waals surface area contributed by atoms with Crippen LogP contribution >= 0.6 is 0 Å². The second-order valence-corrected chi connectivity index (χ2v) is 10.1. The molecule has 1 unspecified atom stereocenters. The minimum atomic E-state index is -1.02. The fourth-order valence-electron chi connectivity index (χ4n) is 4.80. The molecule has 2 N–H and O–H groups in total. The van der Waals surface area contributed by atoms with Gasteiger partial charge < -0.3 is 19.7 Å². The van der Waals surface area contributed by atoms with Crippen molar-refractivity contribution in [2.45, 2.75) is 39.0 Å². The summed E-state index contributed by atoms with van der Waals surface area (Å²) in [5, 5.41) is 21.8. The van der Waals surface area contributed by atoms with Gasteiger partial charge in [-0.15, -0.1) is 0 Å². The Labute approximate surface area is 247 Å². The summed E-state index contributed by atoms with van der Waals surface area (Å²) in [6, 6.07) is 15.8. The van der Waals surface area contributed by atoms with Gasteiger partial charge >= 0.3 is 5.97 Å². The number of carboxylic acid groups (broad SMARTS) is 1. The van der Waals surface area contributed by atoms with Crippen molar-refractivity contribution >= 4 is 22.7 Å². The van der Waals surface area contributed by atoms with Crippen molar-refractivity contribution in [2.24, 2.45) is 4.99 Å². The number of nitrogens with one attached hydrogen (secondary N) is 1. The molecule has 2 heterocycles. The van der Waals surface area contributed by atoms with Crippen molar-refractivity contribution in [3.63, 3.8) is 0 Å². The molecular formula is C33H29F2N5O3. The number of hydrogen-bond donors (Lipinski definition) is 2. The summed E-state index contributed by atoms with van der Waals surface area (Å²) in [5.41, 5.74) is 3.25. The third kappa shape index (κ3) is 6.52. The highest BCUT2D eigenvalue weighted by Crippen LogP contribution is 2.24. The Hall–Kier alpha value is -5.14. The van der Waals surface area contributed by atoms with Crippen LogP contribution in [0.5, 0.6) is 0 Å². The zero-order valence-corrected chi connectivity index (χ0v) is 23.5. The van der Waals surface area contributed by atoms with E-state index in [9.17, 15) is 14.3 Å². The third-order valence-electron chi connectivity index (χ3n) is 7.33. The SMILES string of the molecule is C=C/C(=N\C(=C/C)OCc1ccc(C#N)cc1F)c1ccc(Cc2nc3ccc(C(=O)O)cc3n2CC2CCN2)c(F)c1. The molecule has 8 nitrogen and oxygen atoms in total. The molecular weight excluding hydrogens is 552 g/mol. The van der Waals surface area contributed by atoms with E-state index in [4.69, 9.17) is 15.0 Å². The van der Waals surface area contributed by atoms with E-state index in [1.165, 1.54) is 30.3 Å². The standard InChI is InChI=1S/C33H29F2N5O3/c1-3-28(39-32(4-2)43-19-24-6-5-20(17-36)13-26(24)34)22-8-7-21(27(35)14-22)16-31-38-29-10-9-23(33(41)42)15-30(29)40(31)18-25-11-12-37-25/h3-10,13-15,25,37H,1,11-12,16,18-19H2,2H3,(H,41,42)/b32-4+,39-28+. The molecule has 0 spiro atoms. The summed E-state index contributed by atoms with van der Waals surface area (Å²) in [4.78, 5) is 20.7. The van der Waals surface area contributed by atoms with Gasteiger partial charge in [-0.3, -0.25) is 0 Å². The smallest absolute Gasteiger partial charge is 0.335 e. The number of carbonyl (C=O) groups is 1. The average Bonchev–Trinajstić information content (AvgIpc) is 3.32. The molecule has 1 atom stereocenters. The summed E-state index contributed by atoms with van der Waals surface area (Å²) in [6.45, 7) is 6.93. The first-order valence-corrected chi connectivity index (χ1v) is 13.7.